The van der Waals surface area contributed by atoms with Crippen LogP contribution < -0.4 is 0 Å². The normalized spacial score (nSPS) is 11.8. The van der Waals surface area contributed by atoms with Crippen LogP contribution in [0.25, 0.3) is 10.8 Å². The number of carbonyl (C=O) groups is 1. The fraction of sp³-hybridized carbons (Fsp3) is 0.267. The first-order valence-electron chi connectivity index (χ1n) is 6.23. The highest BCUT2D eigenvalue weighted by molar-refractivity contribution is 6.08. The van der Waals surface area contributed by atoms with E-state index in [1.807, 2.05) is 0 Å². The van der Waals surface area contributed by atoms with E-state index in [2.05, 4.69) is 4.74 Å². The van der Waals surface area contributed by atoms with Gasteiger partial charge in [0.15, 0.2) is 5.78 Å². The maximum atomic E-state index is 13.6. The van der Waals surface area contributed by atoms with Crippen molar-refractivity contribution in [2.24, 2.45) is 0 Å². The number of hydrogen-bond acceptors (Lipinski definition) is 2. The van der Waals surface area contributed by atoms with Gasteiger partial charge in [-0.15, -0.1) is 0 Å². The van der Waals surface area contributed by atoms with E-state index >= 15 is 0 Å². The molecule has 0 fully saturated rings. The first kappa shape index (κ1) is 15.4. The summed E-state index contributed by atoms with van der Waals surface area (Å²) in [5, 5.41) is 0.748. The number of fused-ring (bicyclic) bond motifs is 1. The van der Waals surface area contributed by atoms with Gasteiger partial charge in [0.1, 0.15) is 12.4 Å². The number of benzene rings is 2. The van der Waals surface area contributed by atoms with E-state index in [1.54, 1.807) is 24.3 Å². The monoisotopic (exact) mass is 300 g/mol. The average molecular weight is 300 g/mol. The molecule has 21 heavy (non-hydrogen) atoms. The Hall–Kier alpha value is -1.95. The molecule has 0 saturated heterocycles. The lowest BCUT2D eigenvalue weighted by atomic mass is 10.00. The molecule has 0 spiro atoms. The zero-order valence-corrected chi connectivity index (χ0v) is 10.9. The number of ketones is 1. The van der Waals surface area contributed by atoms with Crippen molar-refractivity contribution in [3.8, 4) is 0 Å². The van der Waals surface area contributed by atoms with E-state index in [9.17, 15) is 22.4 Å². The fourth-order valence-electron chi connectivity index (χ4n) is 1.99. The zero-order chi connectivity index (χ0) is 15.5. The highest BCUT2D eigenvalue weighted by Crippen LogP contribution is 2.23. The zero-order valence-electron chi connectivity index (χ0n) is 10.9. The molecule has 2 nitrogen and oxygen atoms in total. The summed E-state index contributed by atoms with van der Waals surface area (Å²) < 4.78 is 53.7. The van der Waals surface area contributed by atoms with Crippen molar-refractivity contribution in [3.05, 3.63) is 47.8 Å². The molecule has 112 valence electrons. The molecule has 0 aliphatic carbocycles. The van der Waals surface area contributed by atoms with Gasteiger partial charge in [0.25, 0.3) is 0 Å². The van der Waals surface area contributed by atoms with Crippen molar-refractivity contribution in [1.29, 1.82) is 0 Å². The predicted octanol–water partition coefficient (Wildman–Crippen LogP) is 4.13. The van der Waals surface area contributed by atoms with Gasteiger partial charge in [0.2, 0.25) is 0 Å². The summed E-state index contributed by atoms with van der Waals surface area (Å²) in [6.07, 6.45) is -4.60. The third-order valence-electron chi connectivity index (χ3n) is 2.91. The van der Waals surface area contributed by atoms with Crippen LogP contribution in [0.5, 0.6) is 0 Å². The molecule has 0 aromatic heterocycles. The quantitative estimate of drug-likeness (QED) is 0.471. The lowest BCUT2D eigenvalue weighted by molar-refractivity contribution is -0.173. The van der Waals surface area contributed by atoms with Crippen LogP contribution in [-0.2, 0) is 4.74 Å². The Morgan fingerprint density at radius 2 is 1.71 bits per heavy atom. The molecule has 0 amide bonds. The van der Waals surface area contributed by atoms with E-state index in [0.29, 0.717) is 10.8 Å². The molecule has 0 atom stereocenters. The topological polar surface area (TPSA) is 26.3 Å². The molecule has 0 bridgehead atoms. The van der Waals surface area contributed by atoms with Crippen LogP contribution in [0.4, 0.5) is 17.6 Å². The molecule has 2 aromatic carbocycles. The minimum Gasteiger partial charge on any atom is -0.372 e. The largest absolute Gasteiger partial charge is 0.411 e. The lowest BCUT2D eigenvalue weighted by Gasteiger charge is -2.09. The van der Waals surface area contributed by atoms with E-state index < -0.39 is 18.6 Å². The van der Waals surface area contributed by atoms with Crippen LogP contribution in [-0.4, -0.2) is 25.2 Å². The number of hydrogen-bond donors (Lipinski definition) is 0. The average Bonchev–Trinajstić information content (AvgIpc) is 2.43. The Morgan fingerprint density at radius 1 is 1.05 bits per heavy atom. The number of Topliss-reactive ketones (excluding diaryl/α,β-unsaturated/α-hetero) is 1. The van der Waals surface area contributed by atoms with E-state index in [0.717, 1.165) is 0 Å². The Balaban J connectivity index is 2.08. The molecule has 0 unspecified atom stereocenters. The first-order valence-corrected chi connectivity index (χ1v) is 6.23. The van der Waals surface area contributed by atoms with Crippen molar-refractivity contribution in [1.82, 2.24) is 0 Å². The summed E-state index contributed by atoms with van der Waals surface area (Å²) in [6.45, 7) is -1.71. The van der Waals surface area contributed by atoms with Gasteiger partial charge in [0, 0.05) is 17.4 Å². The molecular formula is C15H12F4O2. The highest BCUT2D eigenvalue weighted by Gasteiger charge is 2.27. The number of ether oxygens (including phenoxy) is 1. The van der Waals surface area contributed by atoms with Gasteiger partial charge < -0.3 is 4.74 Å². The highest BCUT2D eigenvalue weighted by atomic mass is 19.4. The smallest absolute Gasteiger partial charge is 0.372 e. The molecule has 0 aliphatic heterocycles. The molecular weight excluding hydrogens is 288 g/mol. The first-order chi connectivity index (χ1) is 9.88. The van der Waals surface area contributed by atoms with Gasteiger partial charge in [-0.05, 0) is 17.5 Å². The van der Waals surface area contributed by atoms with E-state index in [-0.39, 0.29) is 24.4 Å². The molecule has 0 heterocycles. The standard InChI is InChI=1S/C15H12F4O2/c16-13-6-5-12(10-3-1-2-4-11(10)13)14(20)7-8-21-9-15(17,18)19/h1-6H,7-9H2. The van der Waals surface area contributed by atoms with Gasteiger partial charge in [0.05, 0.1) is 6.61 Å². The summed E-state index contributed by atoms with van der Waals surface area (Å²) in [4.78, 5) is 12.0. The van der Waals surface area contributed by atoms with Crippen molar-refractivity contribution in [3.63, 3.8) is 0 Å². The van der Waals surface area contributed by atoms with Crippen LogP contribution in [0.1, 0.15) is 16.8 Å². The summed E-state index contributed by atoms with van der Waals surface area (Å²) >= 11 is 0. The summed E-state index contributed by atoms with van der Waals surface area (Å²) in [5.41, 5.74) is 0.280. The number of halogens is 4. The number of alkyl halides is 3. The van der Waals surface area contributed by atoms with Crippen LogP contribution in [0.2, 0.25) is 0 Å². The second-order valence-electron chi connectivity index (χ2n) is 4.48. The van der Waals surface area contributed by atoms with Crippen molar-refractivity contribution in [2.45, 2.75) is 12.6 Å². The van der Waals surface area contributed by atoms with Gasteiger partial charge in [-0.1, -0.05) is 24.3 Å². The minimum atomic E-state index is -4.41. The third kappa shape index (κ3) is 4.01. The fourth-order valence-corrected chi connectivity index (χ4v) is 1.99. The maximum Gasteiger partial charge on any atom is 0.411 e. The van der Waals surface area contributed by atoms with Crippen LogP contribution >= 0.6 is 0 Å². The maximum absolute atomic E-state index is 13.6. The lowest BCUT2D eigenvalue weighted by Crippen LogP contribution is -2.18. The van der Waals surface area contributed by atoms with E-state index in [4.69, 9.17) is 0 Å². The number of carbonyl (C=O) groups excluding carboxylic acids is 1. The second kappa shape index (κ2) is 6.22. The van der Waals surface area contributed by atoms with Gasteiger partial charge in [-0.2, -0.15) is 13.2 Å². The summed E-state index contributed by atoms with van der Waals surface area (Å²) in [5.74, 6) is -0.830. The SMILES string of the molecule is O=C(CCOCC(F)(F)F)c1ccc(F)c2ccccc12. The molecule has 0 saturated carbocycles. The molecule has 6 heteroatoms. The van der Waals surface area contributed by atoms with Crippen molar-refractivity contribution < 1.29 is 27.1 Å². The van der Waals surface area contributed by atoms with Gasteiger partial charge in [-0.25, -0.2) is 4.39 Å². The third-order valence-corrected chi connectivity index (χ3v) is 2.91. The molecule has 2 rings (SSSR count). The Labute approximate surface area is 118 Å². The predicted molar refractivity (Wildman–Crippen MR) is 69.7 cm³/mol. The van der Waals surface area contributed by atoms with E-state index in [1.165, 1.54) is 12.1 Å². The minimum absolute atomic E-state index is 0.189. The second-order valence-corrected chi connectivity index (χ2v) is 4.48. The molecule has 0 radical (unpaired) electrons. The van der Waals surface area contributed by atoms with Gasteiger partial charge >= 0.3 is 6.18 Å². The van der Waals surface area contributed by atoms with Crippen LogP contribution in [0.15, 0.2) is 36.4 Å². The summed E-state index contributed by atoms with van der Waals surface area (Å²) in [7, 11) is 0. The molecule has 0 N–H and O–H groups in total. The van der Waals surface area contributed by atoms with Crippen LogP contribution in [0.3, 0.4) is 0 Å². The molecule has 2 aromatic rings. The summed E-state index contributed by atoms with van der Waals surface area (Å²) in [6, 6.07) is 8.96. The van der Waals surface area contributed by atoms with Gasteiger partial charge in [-0.3, -0.25) is 4.79 Å². The Morgan fingerprint density at radius 3 is 2.38 bits per heavy atom. The number of rotatable bonds is 5. The van der Waals surface area contributed by atoms with Crippen molar-refractivity contribution >= 4 is 16.6 Å². The molecule has 0 aliphatic rings. The van der Waals surface area contributed by atoms with Crippen molar-refractivity contribution in [2.75, 3.05) is 13.2 Å². The van der Waals surface area contributed by atoms with Crippen LogP contribution in [0, 0.1) is 5.82 Å². The Kier molecular flexibility index (Phi) is 4.57. The Bertz CT molecular complexity index is 650.